The van der Waals surface area contributed by atoms with Gasteiger partial charge in [-0.1, -0.05) is 29.8 Å². The van der Waals surface area contributed by atoms with Gasteiger partial charge in [-0.3, -0.25) is 4.79 Å². The van der Waals surface area contributed by atoms with Crippen LogP contribution in [0.5, 0.6) is 11.5 Å². The van der Waals surface area contributed by atoms with Gasteiger partial charge in [-0.2, -0.15) is 0 Å². The predicted octanol–water partition coefficient (Wildman–Crippen LogP) is 4.55. The highest BCUT2D eigenvalue weighted by Crippen LogP contribution is 2.33. The molecule has 0 N–H and O–H groups in total. The van der Waals surface area contributed by atoms with Gasteiger partial charge in [0.15, 0.2) is 17.8 Å². The van der Waals surface area contributed by atoms with Crippen molar-refractivity contribution in [1.29, 1.82) is 0 Å². The van der Waals surface area contributed by atoms with Crippen LogP contribution < -0.4 is 9.47 Å². The molecular formula is C17H17BrO3. The van der Waals surface area contributed by atoms with E-state index < -0.39 is 0 Å². The number of rotatable bonds is 6. The third-order valence-corrected chi connectivity index (χ3v) is 3.65. The van der Waals surface area contributed by atoms with E-state index >= 15 is 0 Å². The van der Waals surface area contributed by atoms with Gasteiger partial charge in [-0.05, 0) is 47.5 Å². The molecule has 0 aliphatic rings. The van der Waals surface area contributed by atoms with Gasteiger partial charge < -0.3 is 9.47 Å². The van der Waals surface area contributed by atoms with Crippen molar-refractivity contribution in [2.45, 2.75) is 20.5 Å². The maximum Gasteiger partial charge on any atom is 0.162 e. The Morgan fingerprint density at radius 2 is 1.90 bits per heavy atom. The first-order chi connectivity index (χ1) is 10.1. The van der Waals surface area contributed by atoms with Crippen LogP contribution in [-0.4, -0.2) is 12.9 Å². The van der Waals surface area contributed by atoms with Crippen LogP contribution in [0.1, 0.15) is 28.4 Å². The van der Waals surface area contributed by atoms with Gasteiger partial charge >= 0.3 is 0 Å². The third-order valence-electron chi connectivity index (χ3n) is 2.97. The summed E-state index contributed by atoms with van der Waals surface area (Å²) in [5.74, 6) is 1.20. The van der Waals surface area contributed by atoms with E-state index in [2.05, 4.69) is 22.0 Å². The summed E-state index contributed by atoms with van der Waals surface area (Å²) in [4.78, 5) is 11.0. The fourth-order valence-electron chi connectivity index (χ4n) is 1.99. The number of halogens is 1. The zero-order valence-corrected chi connectivity index (χ0v) is 13.6. The molecular weight excluding hydrogens is 332 g/mol. The largest absolute Gasteiger partial charge is 0.490 e. The van der Waals surface area contributed by atoms with Crippen molar-refractivity contribution in [2.75, 3.05) is 6.61 Å². The van der Waals surface area contributed by atoms with Crippen molar-refractivity contribution in [2.24, 2.45) is 0 Å². The topological polar surface area (TPSA) is 35.5 Å². The summed E-state index contributed by atoms with van der Waals surface area (Å²) in [6.45, 7) is 4.91. The van der Waals surface area contributed by atoms with Gasteiger partial charge in [-0.15, -0.1) is 0 Å². The predicted molar refractivity (Wildman–Crippen MR) is 86.2 cm³/mol. The van der Waals surface area contributed by atoms with Gasteiger partial charge in [0, 0.05) is 10.0 Å². The molecule has 21 heavy (non-hydrogen) atoms. The fourth-order valence-corrected chi connectivity index (χ4v) is 2.40. The lowest BCUT2D eigenvalue weighted by Crippen LogP contribution is -2.01. The Labute approximate surface area is 133 Å². The fraction of sp³-hybridized carbons (Fsp3) is 0.235. The van der Waals surface area contributed by atoms with E-state index in [0.717, 1.165) is 11.8 Å². The normalized spacial score (nSPS) is 10.2. The van der Waals surface area contributed by atoms with Crippen molar-refractivity contribution >= 4 is 22.2 Å². The molecule has 0 spiro atoms. The van der Waals surface area contributed by atoms with E-state index in [4.69, 9.17) is 9.47 Å². The molecule has 2 rings (SSSR count). The van der Waals surface area contributed by atoms with Crippen molar-refractivity contribution < 1.29 is 14.3 Å². The van der Waals surface area contributed by atoms with Crippen molar-refractivity contribution in [3.05, 3.63) is 57.6 Å². The van der Waals surface area contributed by atoms with E-state index in [0.29, 0.717) is 34.7 Å². The zero-order chi connectivity index (χ0) is 15.2. The van der Waals surface area contributed by atoms with Crippen LogP contribution in [0.25, 0.3) is 0 Å². The number of carbonyl (C=O) groups is 1. The number of hydrogen-bond donors (Lipinski definition) is 0. The SMILES string of the molecule is CCOc1cc(C=O)c(Br)cc1OCc1cccc(C)c1. The van der Waals surface area contributed by atoms with Crippen LogP contribution in [0.15, 0.2) is 40.9 Å². The van der Waals surface area contributed by atoms with E-state index in [1.807, 2.05) is 32.0 Å². The molecule has 0 amide bonds. The van der Waals surface area contributed by atoms with E-state index in [-0.39, 0.29) is 0 Å². The molecule has 3 nitrogen and oxygen atoms in total. The second kappa shape index (κ2) is 7.27. The quantitative estimate of drug-likeness (QED) is 0.718. The molecule has 0 saturated carbocycles. The summed E-state index contributed by atoms with van der Waals surface area (Å²) in [6, 6.07) is 11.6. The molecule has 0 radical (unpaired) electrons. The Hall–Kier alpha value is -1.81. The molecule has 2 aromatic rings. The van der Waals surface area contributed by atoms with Crippen LogP contribution in [0.3, 0.4) is 0 Å². The lowest BCUT2D eigenvalue weighted by molar-refractivity contribution is 0.112. The highest BCUT2D eigenvalue weighted by atomic mass is 79.9. The molecule has 0 fully saturated rings. The first-order valence-corrected chi connectivity index (χ1v) is 7.53. The number of aryl methyl sites for hydroxylation is 1. The van der Waals surface area contributed by atoms with Crippen LogP contribution in [-0.2, 0) is 6.61 Å². The van der Waals surface area contributed by atoms with Crippen molar-refractivity contribution in [1.82, 2.24) is 0 Å². The first-order valence-electron chi connectivity index (χ1n) is 6.74. The van der Waals surface area contributed by atoms with Gasteiger partial charge in [0.25, 0.3) is 0 Å². The number of carbonyl (C=O) groups excluding carboxylic acids is 1. The second-order valence-corrected chi connectivity index (χ2v) is 5.50. The van der Waals surface area contributed by atoms with Crippen LogP contribution in [0.2, 0.25) is 0 Å². The summed E-state index contributed by atoms with van der Waals surface area (Å²) < 4.78 is 12.1. The second-order valence-electron chi connectivity index (χ2n) is 4.65. The van der Waals surface area contributed by atoms with Crippen LogP contribution in [0, 0.1) is 6.92 Å². The Balaban J connectivity index is 2.22. The summed E-state index contributed by atoms with van der Waals surface area (Å²) in [5, 5.41) is 0. The van der Waals surface area contributed by atoms with Crippen molar-refractivity contribution in [3.63, 3.8) is 0 Å². The summed E-state index contributed by atoms with van der Waals surface area (Å²) in [6.07, 6.45) is 0.789. The molecule has 0 aliphatic carbocycles. The molecule has 0 aliphatic heterocycles. The highest BCUT2D eigenvalue weighted by Gasteiger charge is 2.10. The van der Waals surface area contributed by atoms with Crippen molar-refractivity contribution in [3.8, 4) is 11.5 Å². The zero-order valence-electron chi connectivity index (χ0n) is 12.1. The standard InChI is InChI=1S/C17H17BrO3/c1-3-20-16-8-14(10-19)15(18)9-17(16)21-11-13-6-4-5-12(2)7-13/h4-10H,3,11H2,1-2H3. The third kappa shape index (κ3) is 4.08. The van der Waals surface area contributed by atoms with Gasteiger partial charge in [0.2, 0.25) is 0 Å². The van der Waals surface area contributed by atoms with E-state index in [9.17, 15) is 4.79 Å². The van der Waals surface area contributed by atoms with Gasteiger partial charge in [0.05, 0.1) is 6.61 Å². The number of hydrogen-bond acceptors (Lipinski definition) is 3. The summed E-state index contributed by atoms with van der Waals surface area (Å²) in [5.41, 5.74) is 2.83. The Morgan fingerprint density at radius 3 is 2.57 bits per heavy atom. The van der Waals surface area contributed by atoms with Crippen LogP contribution >= 0.6 is 15.9 Å². The molecule has 0 bridgehead atoms. The summed E-state index contributed by atoms with van der Waals surface area (Å²) >= 11 is 3.36. The summed E-state index contributed by atoms with van der Waals surface area (Å²) in [7, 11) is 0. The number of ether oxygens (including phenoxy) is 2. The average Bonchev–Trinajstić information content (AvgIpc) is 2.47. The van der Waals surface area contributed by atoms with E-state index in [1.165, 1.54) is 5.56 Å². The number of benzene rings is 2. The molecule has 110 valence electrons. The Bertz CT molecular complexity index is 638. The molecule has 0 unspecified atom stereocenters. The molecule has 4 heteroatoms. The van der Waals surface area contributed by atoms with Crippen LogP contribution in [0.4, 0.5) is 0 Å². The molecule has 0 heterocycles. The molecule has 0 atom stereocenters. The lowest BCUT2D eigenvalue weighted by atomic mass is 10.1. The van der Waals surface area contributed by atoms with E-state index in [1.54, 1.807) is 12.1 Å². The molecule has 2 aromatic carbocycles. The minimum atomic E-state index is 0.453. The maximum atomic E-state index is 11.0. The molecule has 0 saturated heterocycles. The minimum absolute atomic E-state index is 0.453. The Kier molecular flexibility index (Phi) is 5.39. The number of aldehydes is 1. The monoisotopic (exact) mass is 348 g/mol. The highest BCUT2D eigenvalue weighted by molar-refractivity contribution is 9.10. The van der Waals surface area contributed by atoms with Gasteiger partial charge in [-0.25, -0.2) is 0 Å². The average molecular weight is 349 g/mol. The van der Waals surface area contributed by atoms with Gasteiger partial charge in [0.1, 0.15) is 6.61 Å². The maximum absolute atomic E-state index is 11.0. The Morgan fingerprint density at radius 1 is 1.14 bits per heavy atom. The lowest BCUT2D eigenvalue weighted by Gasteiger charge is -2.13. The molecule has 0 aromatic heterocycles. The minimum Gasteiger partial charge on any atom is -0.490 e. The smallest absolute Gasteiger partial charge is 0.162 e. The first kappa shape index (κ1) is 15.6.